The van der Waals surface area contributed by atoms with Crippen LogP contribution in [0, 0.1) is 17.8 Å². The number of benzene rings is 1. The maximum absolute atomic E-state index is 12.9. The molecule has 2 atom stereocenters. The van der Waals surface area contributed by atoms with E-state index < -0.39 is 15.9 Å². The predicted octanol–water partition coefficient (Wildman–Crippen LogP) is 2.64. The van der Waals surface area contributed by atoms with E-state index in [-0.39, 0.29) is 23.4 Å². The minimum absolute atomic E-state index is 0.0717. The molecule has 0 bridgehead atoms. The molecule has 1 aliphatic heterocycles. The van der Waals surface area contributed by atoms with Crippen LogP contribution in [-0.4, -0.2) is 44.3 Å². The predicted molar refractivity (Wildman–Crippen MR) is 105 cm³/mol. The molecule has 1 aromatic rings. The monoisotopic (exact) mass is 408 g/mol. The molecule has 1 N–H and O–H groups in total. The highest BCUT2D eigenvalue weighted by molar-refractivity contribution is 7.89. The molecular weight excluding hydrogens is 380 g/mol. The third-order valence-corrected chi connectivity index (χ3v) is 7.24. The molecule has 0 aromatic heterocycles. The molecule has 1 aliphatic carbocycles. The fraction of sp³-hybridized carbons (Fsp3) is 0.600. The zero-order valence-electron chi connectivity index (χ0n) is 16.4. The fourth-order valence-electron chi connectivity index (χ4n) is 3.76. The summed E-state index contributed by atoms with van der Waals surface area (Å²) in [7, 11) is -3.55. The second-order valence-corrected chi connectivity index (χ2v) is 10.0. The van der Waals surface area contributed by atoms with Crippen LogP contribution in [0.5, 0.6) is 0 Å². The van der Waals surface area contributed by atoms with Crippen molar-refractivity contribution in [3.63, 3.8) is 0 Å². The molecule has 2 aliphatic rings. The van der Waals surface area contributed by atoms with E-state index in [4.69, 9.17) is 4.74 Å². The van der Waals surface area contributed by atoms with Gasteiger partial charge in [-0.25, -0.2) is 8.42 Å². The van der Waals surface area contributed by atoms with E-state index in [1.807, 2.05) is 0 Å². The fourth-order valence-corrected chi connectivity index (χ4v) is 5.44. The third-order valence-electron chi connectivity index (χ3n) is 5.40. The number of carbonyl (C=O) groups is 2. The largest absolute Gasteiger partial charge is 0.455 e. The van der Waals surface area contributed by atoms with E-state index in [0.29, 0.717) is 30.6 Å². The van der Waals surface area contributed by atoms with Crippen LogP contribution in [0.4, 0.5) is 5.69 Å². The minimum atomic E-state index is -3.55. The lowest BCUT2D eigenvalue weighted by atomic mass is 9.86. The van der Waals surface area contributed by atoms with Gasteiger partial charge in [-0.15, -0.1) is 0 Å². The van der Waals surface area contributed by atoms with E-state index in [9.17, 15) is 18.0 Å². The van der Waals surface area contributed by atoms with Crippen molar-refractivity contribution in [3.05, 3.63) is 24.3 Å². The van der Waals surface area contributed by atoms with Gasteiger partial charge in [0.05, 0.1) is 10.8 Å². The number of carbonyl (C=O) groups excluding carboxylic acids is 2. The minimum Gasteiger partial charge on any atom is -0.455 e. The van der Waals surface area contributed by atoms with Crippen molar-refractivity contribution in [1.29, 1.82) is 0 Å². The molecule has 1 saturated carbocycles. The number of nitrogens with zero attached hydrogens (tertiary/aromatic N) is 1. The van der Waals surface area contributed by atoms with Gasteiger partial charge in [0.1, 0.15) is 0 Å². The van der Waals surface area contributed by atoms with E-state index >= 15 is 0 Å². The van der Waals surface area contributed by atoms with Crippen molar-refractivity contribution in [2.24, 2.45) is 17.8 Å². The summed E-state index contributed by atoms with van der Waals surface area (Å²) in [4.78, 5) is 23.8. The van der Waals surface area contributed by atoms with Gasteiger partial charge in [0, 0.05) is 18.8 Å². The first-order valence-electron chi connectivity index (χ1n) is 9.82. The molecule has 28 heavy (non-hydrogen) atoms. The summed E-state index contributed by atoms with van der Waals surface area (Å²) in [5.74, 6) is -0.174. The summed E-state index contributed by atoms with van der Waals surface area (Å²) >= 11 is 0. The SMILES string of the molecule is C[C@@H]1C[C@@H](C)CN(S(=O)(=O)c2ccc(NC(=O)COC(=O)C3CCC3)cc2)C1. The number of piperidine rings is 1. The summed E-state index contributed by atoms with van der Waals surface area (Å²) < 4.78 is 32.3. The molecule has 0 unspecified atom stereocenters. The Labute approximate surface area is 166 Å². The van der Waals surface area contributed by atoms with Gasteiger partial charge in [0.15, 0.2) is 6.61 Å². The number of sulfonamides is 1. The van der Waals surface area contributed by atoms with Crippen molar-refractivity contribution in [3.8, 4) is 0 Å². The number of nitrogens with one attached hydrogen (secondary N) is 1. The Hall–Kier alpha value is -1.93. The second kappa shape index (κ2) is 8.61. The Morgan fingerprint density at radius 1 is 1.11 bits per heavy atom. The average Bonchev–Trinajstić information content (AvgIpc) is 2.58. The maximum Gasteiger partial charge on any atom is 0.309 e. The maximum atomic E-state index is 12.9. The van der Waals surface area contributed by atoms with Gasteiger partial charge in [0.2, 0.25) is 10.0 Å². The number of esters is 1. The molecule has 1 aromatic carbocycles. The van der Waals surface area contributed by atoms with E-state index in [1.54, 1.807) is 16.4 Å². The first-order valence-corrected chi connectivity index (χ1v) is 11.3. The zero-order valence-corrected chi connectivity index (χ0v) is 17.2. The highest BCUT2D eigenvalue weighted by Crippen LogP contribution is 2.28. The molecule has 3 rings (SSSR count). The van der Waals surface area contributed by atoms with Crippen LogP contribution >= 0.6 is 0 Å². The number of ether oxygens (including phenoxy) is 1. The van der Waals surface area contributed by atoms with Gasteiger partial charge in [0.25, 0.3) is 5.91 Å². The number of rotatable bonds is 6. The number of anilines is 1. The number of hydrogen-bond donors (Lipinski definition) is 1. The van der Waals surface area contributed by atoms with Crippen LogP contribution in [0.1, 0.15) is 39.5 Å². The lowest BCUT2D eigenvalue weighted by molar-refractivity contribution is -0.154. The highest BCUT2D eigenvalue weighted by Gasteiger charge is 2.31. The Morgan fingerprint density at radius 2 is 1.71 bits per heavy atom. The molecular formula is C20H28N2O5S. The third kappa shape index (κ3) is 4.91. The number of amides is 1. The first kappa shape index (κ1) is 20.8. The topological polar surface area (TPSA) is 92.8 Å². The summed E-state index contributed by atoms with van der Waals surface area (Å²) in [5.41, 5.74) is 0.462. The second-order valence-electron chi connectivity index (χ2n) is 8.08. The van der Waals surface area contributed by atoms with E-state index in [1.165, 1.54) is 12.1 Å². The van der Waals surface area contributed by atoms with Crippen LogP contribution in [0.25, 0.3) is 0 Å². The van der Waals surface area contributed by atoms with Crippen molar-refractivity contribution in [1.82, 2.24) is 4.31 Å². The Morgan fingerprint density at radius 3 is 2.25 bits per heavy atom. The van der Waals surface area contributed by atoms with Crippen molar-refractivity contribution in [2.75, 3.05) is 25.0 Å². The lowest BCUT2D eigenvalue weighted by Gasteiger charge is -2.34. The summed E-state index contributed by atoms with van der Waals surface area (Å²) in [6.45, 7) is 4.84. The number of hydrogen-bond acceptors (Lipinski definition) is 5. The molecule has 0 radical (unpaired) electrons. The molecule has 7 nitrogen and oxygen atoms in total. The van der Waals surface area contributed by atoms with Gasteiger partial charge < -0.3 is 10.1 Å². The molecule has 1 heterocycles. The van der Waals surface area contributed by atoms with Gasteiger partial charge >= 0.3 is 5.97 Å². The molecule has 1 saturated heterocycles. The Balaban J connectivity index is 1.56. The Bertz CT molecular complexity index is 808. The highest BCUT2D eigenvalue weighted by atomic mass is 32.2. The average molecular weight is 409 g/mol. The van der Waals surface area contributed by atoms with Gasteiger partial charge in [-0.05, 0) is 55.4 Å². The van der Waals surface area contributed by atoms with Gasteiger partial charge in [-0.1, -0.05) is 20.3 Å². The van der Waals surface area contributed by atoms with Crippen LogP contribution in [0.3, 0.4) is 0 Å². The van der Waals surface area contributed by atoms with Crippen LogP contribution in [0.2, 0.25) is 0 Å². The molecule has 8 heteroatoms. The quantitative estimate of drug-likeness (QED) is 0.731. The van der Waals surface area contributed by atoms with E-state index in [2.05, 4.69) is 19.2 Å². The van der Waals surface area contributed by atoms with E-state index in [0.717, 1.165) is 25.7 Å². The standard InChI is InChI=1S/C20H28N2O5S/c1-14-10-15(2)12-22(11-14)28(25,26)18-8-6-17(7-9-18)21-19(23)13-27-20(24)16-4-3-5-16/h6-9,14-16H,3-5,10-13H2,1-2H3,(H,21,23)/t14-,15-/m1/s1. The zero-order chi connectivity index (χ0) is 20.3. The molecule has 2 fully saturated rings. The van der Waals surface area contributed by atoms with Gasteiger partial charge in [-0.2, -0.15) is 4.31 Å². The van der Waals surface area contributed by atoms with Crippen molar-refractivity contribution in [2.45, 2.75) is 44.4 Å². The summed E-state index contributed by atoms with van der Waals surface area (Å²) in [6, 6.07) is 6.09. The van der Waals surface area contributed by atoms with Crippen LogP contribution in [-0.2, 0) is 24.3 Å². The molecule has 154 valence electrons. The first-order chi connectivity index (χ1) is 13.3. The Kier molecular flexibility index (Phi) is 6.40. The lowest BCUT2D eigenvalue weighted by Crippen LogP contribution is -2.42. The normalized spacial score (nSPS) is 23.6. The molecule has 1 amide bonds. The van der Waals surface area contributed by atoms with Gasteiger partial charge in [-0.3, -0.25) is 9.59 Å². The summed E-state index contributed by atoms with van der Waals surface area (Å²) in [5, 5.41) is 2.62. The van der Waals surface area contributed by atoms with Crippen LogP contribution in [0.15, 0.2) is 29.2 Å². The van der Waals surface area contributed by atoms with Crippen molar-refractivity contribution < 1.29 is 22.7 Å². The van der Waals surface area contributed by atoms with Crippen LogP contribution < -0.4 is 5.32 Å². The summed E-state index contributed by atoms with van der Waals surface area (Å²) in [6.07, 6.45) is 3.70. The van der Waals surface area contributed by atoms with Crippen molar-refractivity contribution >= 4 is 27.6 Å². The molecule has 0 spiro atoms. The smallest absolute Gasteiger partial charge is 0.309 e.